The summed E-state index contributed by atoms with van der Waals surface area (Å²) < 4.78 is 18.5. The minimum atomic E-state index is -0.345. The number of hydrogen-bond donors (Lipinski definition) is 2. The van der Waals surface area contributed by atoms with Gasteiger partial charge in [0.2, 0.25) is 11.7 Å². The summed E-state index contributed by atoms with van der Waals surface area (Å²) in [6.45, 7) is 5.32. The van der Waals surface area contributed by atoms with E-state index < -0.39 is 0 Å². The van der Waals surface area contributed by atoms with Gasteiger partial charge in [0, 0.05) is 17.9 Å². The second kappa shape index (κ2) is 12.0. The van der Waals surface area contributed by atoms with Crippen LogP contribution in [0.2, 0.25) is 5.15 Å². The van der Waals surface area contributed by atoms with E-state index in [-0.39, 0.29) is 40.8 Å². The SMILES string of the molecule is CCN1CCC2(CC1)C[C@@H]2C(=O)NC(CCCCCC(=O)c1ncco1)c1[nH]c(-c2ccc(F)cc2)nc1Cl. The van der Waals surface area contributed by atoms with Crippen molar-refractivity contribution in [3.63, 3.8) is 0 Å². The van der Waals surface area contributed by atoms with Crippen LogP contribution in [0.5, 0.6) is 0 Å². The van der Waals surface area contributed by atoms with E-state index in [1.807, 2.05) is 0 Å². The Morgan fingerprint density at radius 3 is 2.69 bits per heavy atom. The number of hydrogen-bond acceptors (Lipinski definition) is 6. The fourth-order valence-corrected chi connectivity index (χ4v) is 6.03. The van der Waals surface area contributed by atoms with E-state index in [1.165, 1.54) is 24.6 Å². The van der Waals surface area contributed by atoms with Crippen molar-refractivity contribution in [2.45, 2.75) is 64.3 Å². The lowest BCUT2D eigenvalue weighted by Gasteiger charge is -2.32. The number of nitrogens with zero attached hydrogens (tertiary/aromatic N) is 3. The van der Waals surface area contributed by atoms with Crippen LogP contribution in [0.1, 0.15) is 80.7 Å². The van der Waals surface area contributed by atoms with Crippen LogP contribution in [0.25, 0.3) is 11.4 Å². The van der Waals surface area contributed by atoms with Crippen LogP contribution in [-0.2, 0) is 4.79 Å². The van der Waals surface area contributed by atoms with E-state index >= 15 is 0 Å². The number of oxazole rings is 1. The molecule has 0 radical (unpaired) electrons. The number of benzene rings is 1. The first-order valence-electron chi connectivity index (χ1n) is 13.9. The molecule has 2 atom stereocenters. The molecule has 39 heavy (non-hydrogen) atoms. The van der Waals surface area contributed by atoms with E-state index in [4.69, 9.17) is 16.0 Å². The van der Waals surface area contributed by atoms with Crippen LogP contribution in [0, 0.1) is 17.2 Å². The first kappa shape index (κ1) is 27.5. The van der Waals surface area contributed by atoms with Crippen molar-refractivity contribution < 1.29 is 18.4 Å². The van der Waals surface area contributed by atoms with Crippen molar-refractivity contribution in [2.75, 3.05) is 19.6 Å². The quantitative estimate of drug-likeness (QED) is 0.211. The lowest BCUT2D eigenvalue weighted by molar-refractivity contribution is -0.124. The molecule has 1 saturated carbocycles. The molecule has 5 rings (SSSR count). The average Bonchev–Trinajstić information content (AvgIpc) is 3.25. The molecule has 2 aliphatic rings. The summed E-state index contributed by atoms with van der Waals surface area (Å²) in [5.74, 6) is 0.319. The third-order valence-electron chi connectivity index (χ3n) is 8.34. The molecule has 3 aromatic rings. The minimum Gasteiger partial charge on any atom is -0.442 e. The Labute approximate surface area is 232 Å². The predicted molar refractivity (Wildman–Crippen MR) is 146 cm³/mol. The number of unbranched alkanes of at least 4 members (excludes halogenated alkanes) is 2. The second-order valence-corrected chi connectivity index (χ2v) is 11.1. The lowest BCUT2D eigenvalue weighted by atomic mass is 9.90. The topological polar surface area (TPSA) is 104 Å². The molecule has 1 unspecified atom stereocenters. The number of ketones is 1. The first-order valence-corrected chi connectivity index (χ1v) is 14.2. The molecule has 2 fully saturated rings. The zero-order valence-corrected chi connectivity index (χ0v) is 23.0. The Morgan fingerprint density at radius 1 is 1.23 bits per heavy atom. The van der Waals surface area contributed by atoms with Crippen LogP contribution < -0.4 is 5.32 Å². The number of aromatic amines is 1. The van der Waals surface area contributed by atoms with E-state index in [0.29, 0.717) is 41.5 Å². The predicted octanol–water partition coefficient (Wildman–Crippen LogP) is 5.97. The number of aromatic nitrogens is 3. The number of Topliss-reactive ketones (excluding diaryl/α,β-unsaturated/α-hetero) is 1. The van der Waals surface area contributed by atoms with Crippen molar-refractivity contribution in [3.8, 4) is 11.4 Å². The van der Waals surface area contributed by atoms with Gasteiger partial charge in [0.15, 0.2) is 5.15 Å². The highest BCUT2D eigenvalue weighted by molar-refractivity contribution is 6.30. The Kier molecular flexibility index (Phi) is 8.47. The molecule has 0 bridgehead atoms. The smallest absolute Gasteiger partial charge is 0.263 e. The van der Waals surface area contributed by atoms with Crippen molar-refractivity contribution >= 4 is 23.3 Å². The number of H-pyrrole nitrogens is 1. The second-order valence-electron chi connectivity index (χ2n) is 10.8. The summed E-state index contributed by atoms with van der Waals surface area (Å²) in [5, 5.41) is 3.56. The van der Waals surface area contributed by atoms with Crippen LogP contribution >= 0.6 is 11.6 Å². The Bertz CT molecular complexity index is 1270. The van der Waals surface area contributed by atoms with Crippen molar-refractivity contribution in [1.29, 1.82) is 0 Å². The van der Waals surface area contributed by atoms with Gasteiger partial charge in [-0.15, -0.1) is 0 Å². The standard InChI is InChI=1S/C29H35ClFN5O3/c1-2-36-15-12-29(13-16-36)18-21(29)27(38)33-22(6-4-3-5-7-23(37)28-32-14-17-39-28)24-25(30)35-26(34-24)19-8-10-20(31)11-9-19/h8-11,14,17,21-22H,2-7,12-13,15-16,18H2,1H3,(H,33,38)(H,34,35)/t21-,22?/m1/s1. The summed E-state index contributed by atoms with van der Waals surface area (Å²) in [4.78, 5) is 39.7. The van der Waals surface area contributed by atoms with Crippen LogP contribution in [-0.4, -0.2) is 51.2 Å². The molecule has 1 spiro atoms. The molecule has 8 nitrogen and oxygen atoms in total. The summed E-state index contributed by atoms with van der Waals surface area (Å²) in [6, 6.07) is 5.69. The third-order valence-corrected chi connectivity index (χ3v) is 8.63. The zero-order valence-electron chi connectivity index (χ0n) is 22.2. The molecule has 1 aliphatic heterocycles. The molecule has 1 saturated heterocycles. The Morgan fingerprint density at radius 2 is 2.00 bits per heavy atom. The molecule has 1 aromatic carbocycles. The molecule has 2 N–H and O–H groups in total. The number of nitrogens with one attached hydrogen (secondary N) is 2. The van der Waals surface area contributed by atoms with Gasteiger partial charge in [-0.1, -0.05) is 31.4 Å². The van der Waals surface area contributed by atoms with Crippen LogP contribution in [0.15, 0.2) is 41.1 Å². The van der Waals surface area contributed by atoms with Gasteiger partial charge in [0.1, 0.15) is 17.9 Å². The summed E-state index contributed by atoms with van der Waals surface area (Å²) in [6.07, 6.45) is 9.19. The maximum atomic E-state index is 13.4. The van der Waals surface area contributed by atoms with Crippen molar-refractivity contribution in [1.82, 2.24) is 25.2 Å². The Balaban J connectivity index is 1.24. The number of amides is 1. The summed E-state index contributed by atoms with van der Waals surface area (Å²) >= 11 is 6.58. The normalized spacial score (nSPS) is 19.2. The van der Waals surface area contributed by atoms with Gasteiger partial charge in [0.05, 0.1) is 17.9 Å². The molecule has 10 heteroatoms. The van der Waals surface area contributed by atoms with Crippen molar-refractivity contribution in [3.05, 3.63) is 59.3 Å². The highest BCUT2D eigenvalue weighted by Crippen LogP contribution is 2.59. The van der Waals surface area contributed by atoms with Gasteiger partial charge >= 0.3 is 0 Å². The van der Waals surface area contributed by atoms with E-state index in [9.17, 15) is 14.0 Å². The monoisotopic (exact) mass is 555 g/mol. The molecule has 1 aliphatic carbocycles. The fraction of sp³-hybridized carbons (Fsp3) is 0.517. The number of carbonyl (C=O) groups is 2. The lowest BCUT2D eigenvalue weighted by Crippen LogP contribution is -2.37. The van der Waals surface area contributed by atoms with Crippen LogP contribution in [0.4, 0.5) is 4.39 Å². The number of piperidine rings is 1. The molecular formula is C29H35ClFN5O3. The third kappa shape index (κ3) is 6.41. The Hall–Kier alpha value is -3.04. The fourth-order valence-electron chi connectivity index (χ4n) is 5.77. The molecule has 2 aromatic heterocycles. The molecule has 3 heterocycles. The number of rotatable bonds is 12. The van der Waals surface area contributed by atoms with Gasteiger partial charge < -0.3 is 19.6 Å². The minimum absolute atomic E-state index is 0.0238. The van der Waals surface area contributed by atoms with Gasteiger partial charge in [-0.3, -0.25) is 9.59 Å². The highest BCUT2D eigenvalue weighted by Gasteiger charge is 2.58. The molecule has 208 valence electrons. The number of carbonyl (C=O) groups excluding carboxylic acids is 2. The van der Waals surface area contributed by atoms with E-state index in [2.05, 4.69) is 32.1 Å². The summed E-state index contributed by atoms with van der Waals surface area (Å²) in [5.41, 5.74) is 1.48. The van der Waals surface area contributed by atoms with E-state index in [0.717, 1.165) is 51.7 Å². The first-order chi connectivity index (χ1) is 18.9. The van der Waals surface area contributed by atoms with Gasteiger partial charge in [-0.2, -0.15) is 0 Å². The molecule has 1 amide bonds. The van der Waals surface area contributed by atoms with Crippen LogP contribution in [0.3, 0.4) is 0 Å². The highest BCUT2D eigenvalue weighted by atomic mass is 35.5. The maximum Gasteiger partial charge on any atom is 0.263 e. The largest absolute Gasteiger partial charge is 0.442 e. The summed E-state index contributed by atoms with van der Waals surface area (Å²) in [7, 11) is 0. The maximum absolute atomic E-state index is 13.4. The molecular weight excluding hydrogens is 521 g/mol. The van der Waals surface area contributed by atoms with E-state index in [1.54, 1.807) is 12.1 Å². The van der Waals surface area contributed by atoms with Crippen molar-refractivity contribution in [2.24, 2.45) is 11.3 Å². The average molecular weight is 556 g/mol. The van der Waals surface area contributed by atoms with Gasteiger partial charge in [-0.25, -0.2) is 14.4 Å². The van der Waals surface area contributed by atoms with Gasteiger partial charge in [-0.05, 0) is 81.4 Å². The number of imidazole rings is 1. The number of halogens is 2. The zero-order chi connectivity index (χ0) is 27.4. The number of likely N-dealkylation sites (tertiary alicyclic amines) is 1. The van der Waals surface area contributed by atoms with Gasteiger partial charge in [0.25, 0.3) is 5.89 Å².